The summed E-state index contributed by atoms with van der Waals surface area (Å²) < 4.78 is 0. The zero-order chi connectivity index (χ0) is 7.40. The molecule has 2 nitrogen and oxygen atoms in total. The molecule has 0 spiro atoms. The van der Waals surface area contributed by atoms with Gasteiger partial charge >= 0.3 is 0 Å². The SMILES string of the molecule is C=C/C=N\c1c[nH]c(C)c1. The quantitative estimate of drug-likeness (QED) is 0.601. The fraction of sp³-hybridized carbons (Fsp3) is 0.125. The van der Waals surface area contributed by atoms with Crippen LogP contribution in [0.3, 0.4) is 0 Å². The van der Waals surface area contributed by atoms with E-state index >= 15 is 0 Å². The molecule has 0 radical (unpaired) electrons. The highest BCUT2D eigenvalue weighted by molar-refractivity contribution is 5.73. The molecule has 1 heterocycles. The van der Waals surface area contributed by atoms with Crippen molar-refractivity contribution in [2.75, 3.05) is 0 Å². The van der Waals surface area contributed by atoms with Crippen molar-refractivity contribution in [3.63, 3.8) is 0 Å². The highest BCUT2D eigenvalue weighted by Gasteiger charge is 1.87. The minimum Gasteiger partial charge on any atom is -0.363 e. The average molecular weight is 134 g/mol. The summed E-state index contributed by atoms with van der Waals surface area (Å²) in [5.74, 6) is 0. The van der Waals surface area contributed by atoms with E-state index in [1.807, 2.05) is 19.2 Å². The Bertz CT molecular complexity index is 246. The maximum atomic E-state index is 4.07. The van der Waals surface area contributed by atoms with Gasteiger partial charge in [-0.1, -0.05) is 12.7 Å². The Morgan fingerprint density at radius 2 is 2.50 bits per heavy atom. The van der Waals surface area contributed by atoms with Crippen LogP contribution in [0, 0.1) is 6.92 Å². The fourth-order valence-corrected chi connectivity index (χ4v) is 0.706. The number of aryl methyl sites for hydroxylation is 1. The van der Waals surface area contributed by atoms with Gasteiger partial charge in [-0.15, -0.1) is 0 Å². The number of aromatic nitrogens is 1. The molecule has 1 N–H and O–H groups in total. The molecular formula is C8H10N2. The van der Waals surface area contributed by atoms with Crippen LogP contribution in [-0.4, -0.2) is 11.2 Å². The van der Waals surface area contributed by atoms with Crippen molar-refractivity contribution in [2.45, 2.75) is 6.92 Å². The van der Waals surface area contributed by atoms with Gasteiger partial charge in [0.25, 0.3) is 0 Å². The standard InChI is InChI=1S/C8H10N2/c1-3-4-9-8-5-7(2)10-6-8/h3-6,10H,1H2,2H3/b9-4-. The van der Waals surface area contributed by atoms with E-state index in [1.54, 1.807) is 12.3 Å². The van der Waals surface area contributed by atoms with Crippen LogP contribution in [0.5, 0.6) is 0 Å². The van der Waals surface area contributed by atoms with Crippen LogP contribution in [0.15, 0.2) is 29.9 Å². The highest BCUT2D eigenvalue weighted by Crippen LogP contribution is 2.10. The summed E-state index contributed by atoms with van der Waals surface area (Å²) in [4.78, 5) is 7.10. The normalized spacial score (nSPS) is 10.5. The second-order valence-electron chi connectivity index (χ2n) is 2.05. The molecule has 52 valence electrons. The molecule has 0 amide bonds. The lowest BCUT2D eigenvalue weighted by molar-refractivity contribution is 1.27. The van der Waals surface area contributed by atoms with Crippen molar-refractivity contribution in [1.29, 1.82) is 0 Å². The number of nitrogens with one attached hydrogen (secondary N) is 1. The summed E-state index contributed by atoms with van der Waals surface area (Å²) >= 11 is 0. The van der Waals surface area contributed by atoms with Crippen molar-refractivity contribution in [2.24, 2.45) is 4.99 Å². The molecule has 0 aliphatic heterocycles. The molecule has 1 aromatic rings. The largest absolute Gasteiger partial charge is 0.363 e. The van der Waals surface area contributed by atoms with E-state index in [4.69, 9.17) is 0 Å². The van der Waals surface area contributed by atoms with E-state index in [-0.39, 0.29) is 0 Å². The summed E-state index contributed by atoms with van der Waals surface area (Å²) in [6.45, 7) is 5.52. The molecule has 0 saturated heterocycles. The summed E-state index contributed by atoms with van der Waals surface area (Å²) in [6, 6.07) is 1.97. The number of allylic oxidation sites excluding steroid dienone is 1. The number of aliphatic imine (C=N–C) groups is 1. The average Bonchev–Trinajstić information content (AvgIpc) is 2.31. The van der Waals surface area contributed by atoms with Gasteiger partial charge in [0.2, 0.25) is 0 Å². The number of rotatable bonds is 2. The maximum Gasteiger partial charge on any atom is 0.0806 e. The third kappa shape index (κ3) is 1.58. The molecule has 10 heavy (non-hydrogen) atoms. The Kier molecular flexibility index (Phi) is 2.05. The number of hydrogen-bond acceptors (Lipinski definition) is 1. The Balaban J connectivity index is 2.75. The molecule has 0 unspecified atom stereocenters. The molecule has 2 heteroatoms. The third-order valence-corrected chi connectivity index (χ3v) is 1.14. The van der Waals surface area contributed by atoms with Gasteiger partial charge in [0.15, 0.2) is 0 Å². The zero-order valence-electron chi connectivity index (χ0n) is 5.96. The first-order valence-corrected chi connectivity index (χ1v) is 3.13. The lowest BCUT2D eigenvalue weighted by Crippen LogP contribution is -1.59. The number of aromatic amines is 1. The highest BCUT2D eigenvalue weighted by atomic mass is 14.8. The Labute approximate surface area is 60.3 Å². The lowest BCUT2D eigenvalue weighted by Gasteiger charge is -1.77. The van der Waals surface area contributed by atoms with Crippen LogP contribution in [-0.2, 0) is 0 Å². The van der Waals surface area contributed by atoms with E-state index in [0.29, 0.717) is 0 Å². The molecule has 0 fully saturated rings. The second kappa shape index (κ2) is 3.01. The first kappa shape index (κ1) is 6.81. The van der Waals surface area contributed by atoms with E-state index in [0.717, 1.165) is 11.4 Å². The Morgan fingerprint density at radius 1 is 1.70 bits per heavy atom. The van der Waals surface area contributed by atoms with E-state index in [1.165, 1.54) is 0 Å². The van der Waals surface area contributed by atoms with Gasteiger partial charge in [-0.2, -0.15) is 0 Å². The summed E-state index contributed by atoms with van der Waals surface area (Å²) in [7, 11) is 0. The number of nitrogens with zero attached hydrogens (tertiary/aromatic N) is 1. The molecule has 1 rings (SSSR count). The van der Waals surface area contributed by atoms with E-state index in [2.05, 4.69) is 16.6 Å². The first-order valence-electron chi connectivity index (χ1n) is 3.13. The molecule has 0 aliphatic carbocycles. The smallest absolute Gasteiger partial charge is 0.0806 e. The van der Waals surface area contributed by atoms with Crippen molar-refractivity contribution in [3.05, 3.63) is 30.6 Å². The fourth-order valence-electron chi connectivity index (χ4n) is 0.706. The molecule has 1 aromatic heterocycles. The van der Waals surface area contributed by atoms with Crippen molar-refractivity contribution < 1.29 is 0 Å². The van der Waals surface area contributed by atoms with Crippen LogP contribution in [0.25, 0.3) is 0 Å². The lowest BCUT2D eigenvalue weighted by atomic mass is 10.4. The minimum absolute atomic E-state index is 0.942. The summed E-state index contributed by atoms with van der Waals surface area (Å²) in [5.41, 5.74) is 2.06. The Morgan fingerprint density at radius 3 is 3.00 bits per heavy atom. The minimum atomic E-state index is 0.942. The van der Waals surface area contributed by atoms with Crippen molar-refractivity contribution in [3.8, 4) is 0 Å². The van der Waals surface area contributed by atoms with Crippen LogP contribution in [0.2, 0.25) is 0 Å². The number of hydrogen-bond donors (Lipinski definition) is 1. The molecule has 0 atom stereocenters. The van der Waals surface area contributed by atoms with Gasteiger partial charge in [0, 0.05) is 18.1 Å². The van der Waals surface area contributed by atoms with Crippen LogP contribution < -0.4 is 0 Å². The molecule has 0 saturated carbocycles. The predicted octanol–water partition coefficient (Wildman–Crippen LogP) is 2.21. The van der Waals surface area contributed by atoms with Gasteiger partial charge in [-0.25, -0.2) is 0 Å². The van der Waals surface area contributed by atoms with Crippen LogP contribution >= 0.6 is 0 Å². The van der Waals surface area contributed by atoms with E-state index < -0.39 is 0 Å². The van der Waals surface area contributed by atoms with Crippen molar-refractivity contribution >= 4 is 11.9 Å². The van der Waals surface area contributed by atoms with Gasteiger partial charge < -0.3 is 4.98 Å². The topological polar surface area (TPSA) is 28.1 Å². The van der Waals surface area contributed by atoms with Crippen molar-refractivity contribution in [1.82, 2.24) is 4.98 Å². The zero-order valence-corrected chi connectivity index (χ0v) is 5.96. The summed E-state index contributed by atoms with van der Waals surface area (Å²) in [6.07, 6.45) is 5.18. The molecule has 0 bridgehead atoms. The Hall–Kier alpha value is -1.31. The predicted molar refractivity (Wildman–Crippen MR) is 43.9 cm³/mol. The van der Waals surface area contributed by atoms with Gasteiger partial charge in [0.1, 0.15) is 0 Å². The molecular weight excluding hydrogens is 124 g/mol. The maximum absolute atomic E-state index is 4.07. The van der Waals surface area contributed by atoms with Gasteiger partial charge in [0.05, 0.1) is 5.69 Å². The van der Waals surface area contributed by atoms with Crippen LogP contribution in [0.4, 0.5) is 5.69 Å². The van der Waals surface area contributed by atoms with Crippen LogP contribution in [0.1, 0.15) is 5.69 Å². The van der Waals surface area contributed by atoms with Gasteiger partial charge in [-0.05, 0) is 13.0 Å². The third-order valence-electron chi connectivity index (χ3n) is 1.14. The molecule has 0 aromatic carbocycles. The monoisotopic (exact) mass is 134 g/mol. The first-order chi connectivity index (χ1) is 4.83. The summed E-state index contributed by atoms with van der Waals surface area (Å²) in [5, 5.41) is 0. The molecule has 0 aliphatic rings. The van der Waals surface area contributed by atoms with E-state index in [9.17, 15) is 0 Å². The number of H-pyrrole nitrogens is 1. The second-order valence-corrected chi connectivity index (χ2v) is 2.05. The van der Waals surface area contributed by atoms with Gasteiger partial charge in [-0.3, -0.25) is 4.99 Å².